The van der Waals surface area contributed by atoms with Gasteiger partial charge in [0.2, 0.25) is 0 Å². The first-order chi connectivity index (χ1) is 13.6. The number of anilines is 1. The number of benzene rings is 2. The molecule has 28 heavy (non-hydrogen) atoms. The molecule has 0 amide bonds. The first kappa shape index (κ1) is 19.0. The third-order valence-corrected chi connectivity index (χ3v) is 6.37. The van der Waals surface area contributed by atoms with Crippen LogP contribution >= 0.6 is 0 Å². The van der Waals surface area contributed by atoms with Gasteiger partial charge in [-0.3, -0.25) is 9.69 Å². The minimum Gasteiger partial charge on any atom is -0.469 e. The second kappa shape index (κ2) is 7.96. The molecule has 1 saturated carbocycles. The highest BCUT2D eigenvalue weighted by Crippen LogP contribution is 2.61. The summed E-state index contributed by atoms with van der Waals surface area (Å²) in [6, 6.07) is 19.8. The predicted octanol–water partition coefficient (Wildman–Crippen LogP) is 3.89. The Balaban J connectivity index is 1.48. The van der Waals surface area contributed by atoms with Crippen molar-refractivity contribution in [3.05, 3.63) is 65.7 Å². The van der Waals surface area contributed by atoms with Gasteiger partial charge in [-0.1, -0.05) is 42.5 Å². The number of rotatable bonds is 5. The van der Waals surface area contributed by atoms with Crippen molar-refractivity contribution < 1.29 is 9.53 Å². The number of carbonyl (C=O) groups excluding carboxylic acids is 1. The van der Waals surface area contributed by atoms with Crippen LogP contribution in [0.3, 0.4) is 0 Å². The van der Waals surface area contributed by atoms with Crippen LogP contribution in [0.2, 0.25) is 0 Å². The lowest BCUT2D eigenvalue weighted by Crippen LogP contribution is -2.48. The molecule has 0 aromatic heterocycles. The quantitative estimate of drug-likeness (QED) is 0.739. The van der Waals surface area contributed by atoms with E-state index in [2.05, 4.69) is 60.0 Å². The molecule has 1 heterocycles. The fourth-order valence-electron chi connectivity index (χ4n) is 4.65. The molecular weight excluding hydrogens is 348 g/mol. The van der Waals surface area contributed by atoms with Crippen molar-refractivity contribution in [3.8, 4) is 0 Å². The van der Waals surface area contributed by atoms with Crippen LogP contribution in [0, 0.1) is 5.92 Å². The Kier molecular flexibility index (Phi) is 5.40. The van der Waals surface area contributed by atoms with Crippen LogP contribution in [0.15, 0.2) is 54.6 Å². The minimum absolute atomic E-state index is 0.0761. The van der Waals surface area contributed by atoms with Gasteiger partial charge in [-0.05, 0) is 37.1 Å². The molecule has 0 spiro atoms. The molecular formula is C24H30N2O2. The number of hydrogen-bond donors (Lipinski definition) is 0. The first-order valence-electron chi connectivity index (χ1n) is 10.3. The first-order valence-corrected chi connectivity index (χ1v) is 10.3. The molecule has 3 unspecified atom stereocenters. The van der Waals surface area contributed by atoms with Crippen LogP contribution in [0.1, 0.15) is 36.8 Å². The molecule has 0 bridgehead atoms. The van der Waals surface area contributed by atoms with E-state index in [1.807, 2.05) is 18.2 Å². The van der Waals surface area contributed by atoms with Crippen molar-refractivity contribution in [1.82, 2.24) is 4.90 Å². The number of methoxy groups -OCH3 is 1. The van der Waals surface area contributed by atoms with E-state index < -0.39 is 0 Å². The number of piperazine rings is 1. The average molecular weight is 379 g/mol. The normalized spacial score (nSPS) is 25.0. The Morgan fingerprint density at radius 2 is 1.46 bits per heavy atom. The van der Waals surface area contributed by atoms with E-state index in [-0.39, 0.29) is 23.7 Å². The van der Waals surface area contributed by atoms with Crippen molar-refractivity contribution in [2.75, 3.05) is 38.2 Å². The van der Waals surface area contributed by atoms with Gasteiger partial charge in [0.15, 0.2) is 0 Å². The molecule has 1 aliphatic heterocycles. The number of esters is 1. The molecule has 1 aliphatic carbocycles. The Morgan fingerprint density at radius 3 is 2.00 bits per heavy atom. The summed E-state index contributed by atoms with van der Waals surface area (Å²) in [7, 11) is 1.49. The summed E-state index contributed by atoms with van der Waals surface area (Å²) in [5.41, 5.74) is 3.73. The van der Waals surface area contributed by atoms with Gasteiger partial charge in [-0.25, -0.2) is 0 Å². The number of ether oxygens (including phenoxy) is 1. The van der Waals surface area contributed by atoms with Gasteiger partial charge < -0.3 is 9.64 Å². The second-order valence-electron chi connectivity index (χ2n) is 8.22. The summed E-state index contributed by atoms with van der Waals surface area (Å²) in [5.74, 6) is 0.247. The van der Waals surface area contributed by atoms with E-state index in [1.54, 1.807) is 0 Å². The lowest BCUT2D eigenvalue weighted by Gasteiger charge is -2.38. The predicted molar refractivity (Wildman–Crippen MR) is 113 cm³/mol. The highest BCUT2D eigenvalue weighted by atomic mass is 16.5. The summed E-state index contributed by atoms with van der Waals surface area (Å²) < 4.78 is 5.07. The zero-order valence-electron chi connectivity index (χ0n) is 17.0. The highest BCUT2D eigenvalue weighted by Gasteiger charge is 2.56. The molecule has 4 nitrogen and oxygen atoms in total. The average Bonchev–Trinajstić information content (AvgIpc) is 3.50. The smallest absolute Gasteiger partial charge is 0.309 e. The molecule has 0 N–H and O–H groups in total. The van der Waals surface area contributed by atoms with Crippen LogP contribution in [0.5, 0.6) is 0 Å². The fourth-order valence-corrected chi connectivity index (χ4v) is 4.65. The van der Waals surface area contributed by atoms with E-state index in [0.717, 1.165) is 26.2 Å². The van der Waals surface area contributed by atoms with E-state index in [1.165, 1.54) is 23.9 Å². The van der Waals surface area contributed by atoms with Crippen LogP contribution in [0.25, 0.3) is 0 Å². The van der Waals surface area contributed by atoms with Gasteiger partial charge in [-0.2, -0.15) is 0 Å². The molecule has 1 saturated heterocycles. The largest absolute Gasteiger partial charge is 0.469 e. The zero-order chi connectivity index (χ0) is 19.7. The monoisotopic (exact) mass is 378 g/mol. The van der Waals surface area contributed by atoms with E-state index >= 15 is 0 Å². The maximum Gasteiger partial charge on any atom is 0.309 e. The highest BCUT2D eigenvalue weighted by molar-refractivity contribution is 5.80. The van der Waals surface area contributed by atoms with Crippen LogP contribution in [0.4, 0.5) is 5.69 Å². The van der Waals surface area contributed by atoms with Crippen LogP contribution < -0.4 is 4.90 Å². The molecule has 2 aromatic carbocycles. The Hall–Kier alpha value is -2.33. The lowest BCUT2D eigenvalue weighted by atomic mass is 10.0. The van der Waals surface area contributed by atoms with Gasteiger partial charge in [0, 0.05) is 49.7 Å². The van der Waals surface area contributed by atoms with Crippen molar-refractivity contribution in [3.63, 3.8) is 0 Å². The van der Waals surface area contributed by atoms with Crippen molar-refractivity contribution in [2.45, 2.75) is 31.7 Å². The molecule has 4 rings (SSSR count). The molecule has 2 aromatic rings. The minimum atomic E-state index is -0.104. The summed E-state index contributed by atoms with van der Waals surface area (Å²) in [6.07, 6.45) is 0. The Labute approximate surface area is 168 Å². The van der Waals surface area contributed by atoms with Gasteiger partial charge in [-0.15, -0.1) is 0 Å². The van der Waals surface area contributed by atoms with Crippen LogP contribution in [-0.2, 0) is 9.53 Å². The summed E-state index contributed by atoms with van der Waals surface area (Å²) >= 11 is 0. The van der Waals surface area contributed by atoms with Crippen molar-refractivity contribution in [2.24, 2.45) is 5.92 Å². The standard InChI is InChI=1S/C24H30N2O2/c1-17(2)25-13-15-26(16-14-25)20-11-9-19(10-12-20)22-21(23(22)24(27)28-3)18-7-5-4-6-8-18/h4-12,17,21-23H,13-16H2,1-3H3. The summed E-state index contributed by atoms with van der Waals surface area (Å²) in [5, 5.41) is 0. The Bertz CT molecular complexity index is 795. The van der Waals surface area contributed by atoms with E-state index in [0.29, 0.717) is 6.04 Å². The molecule has 4 heteroatoms. The maximum atomic E-state index is 12.3. The number of nitrogens with zero attached hydrogens (tertiary/aromatic N) is 2. The van der Waals surface area contributed by atoms with E-state index in [9.17, 15) is 4.79 Å². The fraction of sp³-hybridized carbons (Fsp3) is 0.458. The molecule has 3 atom stereocenters. The number of hydrogen-bond acceptors (Lipinski definition) is 4. The lowest BCUT2D eigenvalue weighted by molar-refractivity contribution is -0.142. The SMILES string of the molecule is COC(=O)C1C(c2ccccc2)C1c1ccc(N2CCN(C(C)C)CC2)cc1. The van der Waals surface area contributed by atoms with Gasteiger partial charge >= 0.3 is 5.97 Å². The maximum absolute atomic E-state index is 12.3. The third kappa shape index (κ3) is 3.66. The van der Waals surface area contributed by atoms with Gasteiger partial charge in [0.1, 0.15) is 0 Å². The topological polar surface area (TPSA) is 32.8 Å². The Morgan fingerprint density at radius 1 is 0.893 bits per heavy atom. The number of carbonyl (C=O) groups is 1. The van der Waals surface area contributed by atoms with Crippen molar-refractivity contribution >= 4 is 11.7 Å². The molecule has 0 radical (unpaired) electrons. The van der Waals surface area contributed by atoms with Gasteiger partial charge in [0.25, 0.3) is 0 Å². The summed E-state index contributed by atoms with van der Waals surface area (Å²) in [4.78, 5) is 17.3. The molecule has 148 valence electrons. The van der Waals surface area contributed by atoms with Crippen molar-refractivity contribution in [1.29, 1.82) is 0 Å². The molecule has 2 fully saturated rings. The van der Waals surface area contributed by atoms with Gasteiger partial charge in [0.05, 0.1) is 13.0 Å². The second-order valence-corrected chi connectivity index (χ2v) is 8.22. The zero-order valence-corrected chi connectivity index (χ0v) is 17.0. The van der Waals surface area contributed by atoms with Crippen LogP contribution in [-0.4, -0.2) is 50.2 Å². The third-order valence-electron chi connectivity index (χ3n) is 6.37. The molecule has 2 aliphatic rings. The summed E-state index contributed by atoms with van der Waals surface area (Å²) in [6.45, 7) is 8.89. The van der Waals surface area contributed by atoms with E-state index in [4.69, 9.17) is 4.74 Å².